The number of carboxylic acid groups (broad SMARTS) is 1. The van der Waals surface area contributed by atoms with Crippen LogP contribution in [0, 0.1) is 0 Å². The molecule has 1 rings (SSSR count). The fraction of sp³-hybridized carbons (Fsp3) is 0.500. The molecule has 0 aliphatic heterocycles. The molecule has 5 nitrogen and oxygen atoms in total. The van der Waals surface area contributed by atoms with Gasteiger partial charge in [0.1, 0.15) is 0 Å². The third kappa shape index (κ3) is 4.85. The Balaban J connectivity index is 2.65. The fourth-order valence-electron chi connectivity index (χ4n) is 1.65. The Kier molecular flexibility index (Phi) is 6.51. The van der Waals surface area contributed by atoms with Crippen molar-refractivity contribution in [2.75, 3.05) is 0 Å². The third-order valence-corrected chi connectivity index (χ3v) is 4.01. The number of carbonyl (C=O) groups excluding carboxylic acids is 1. The quantitative estimate of drug-likeness (QED) is 0.756. The van der Waals surface area contributed by atoms with E-state index in [1.54, 1.807) is 6.92 Å². The van der Waals surface area contributed by atoms with Gasteiger partial charge in [0.25, 0.3) is 0 Å². The van der Waals surface area contributed by atoms with Crippen molar-refractivity contribution in [2.45, 2.75) is 49.9 Å². The highest BCUT2D eigenvalue weighted by molar-refractivity contribution is 8.00. The summed E-state index contributed by atoms with van der Waals surface area (Å²) in [6.07, 6.45) is 3.23. The van der Waals surface area contributed by atoms with Crippen molar-refractivity contribution in [2.24, 2.45) is 0 Å². The minimum Gasteiger partial charge on any atom is -0.478 e. The average Bonchev–Trinajstić information content (AvgIpc) is 2.44. The Morgan fingerprint density at radius 3 is 2.60 bits per heavy atom. The zero-order valence-corrected chi connectivity index (χ0v) is 12.7. The van der Waals surface area contributed by atoms with Gasteiger partial charge in [-0.15, -0.1) is 0 Å². The molecule has 2 N–H and O–H groups in total. The number of aromatic nitrogens is 1. The van der Waals surface area contributed by atoms with Crippen LogP contribution in [0.2, 0.25) is 0 Å². The molecule has 0 radical (unpaired) electrons. The van der Waals surface area contributed by atoms with Gasteiger partial charge in [-0.25, -0.2) is 9.78 Å². The minimum atomic E-state index is -0.997. The van der Waals surface area contributed by atoms with E-state index in [-0.39, 0.29) is 22.8 Å². The van der Waals surface area contributed by atoms with Gasteiger partial charge in [0, 0.05) is 12.2 Å². The Hall–Kier alpha value is -1.56. The van der Waals surface area contributed by atoms with E-state index < -0.39 is 5.97 Å². The second-order valence-electron chi connectivity index (χ2n) is 4.47. The van der Waals surface area contributed by atoms with E-state index in [0.29, 0.717) is 5.03 Å². The third-order valence-electron chi connectivity index (χ3n) is 2.98. The Labute approximate surface area is 123 Å². The van der Waals surface area contributed by atoms with Crippen molar-refractivity contribution < 1.29 is 14.7 Å². The summed E-state index contributed by atoms with van der Waals surface area (Å²) >= 11 is 1.26. The molecule has 1 atom stereocenters. The van der Waals surface area contributed by atoms with E-state index in [9.17, 15) is 9.59 Å². The number of rotatable bonds is 7. The number of thioether (sulfide) groups is 1. The molecule has 1 amide bonds. The van der Waals surface area contributed by atoms with Crippen LogP contribution in [0.25, 0.3) is 0 Å². The number of carboxylic acids is 1. The summed E-state index contributed by atoms with van der Waals surface area (Å²) < 4.78 is 0. The maximum atomic E-state index is 12.0. The van der Waals surface area contributed by atoms with Crippen molar-refractivity contribution >= 4 is 23.6 Å². The fourth-order valence-corrected chi connectivity index (χ4v) is 2.51. The molecule has 0 aliphatic carbocycles. The zero-order valence-electron chi connectivity index (χ0n) is 11.9. The summed E-state index contributed by atoms with van der Waals surface area (Å²) in [6.45, 7) is 5.85. The van der Waals surface area contributed by atoms with Crippen LogP contribution in [0.4, 0.5) is 0 Å². The van der Waals surface area contributed by atoms with E-state index in [1.165, 1.54) is 30.1 Å². The Bertz CT molecular complexity index is 475. The van der Waals surface area contributed by atoms with Crippen LogP contribution in [0.5, 0.6) is 0 Å². The molecule has 20 heavy (non-hydrogen) atoms. The largest absolute Gasteiger partial charge is 0.478 e. The van der Waals surface area contributed by atoms with Crippen LogP contribution in [0.3, 0.4) is 0 Å². The standard InChI is InChI=1S/C14H20N2O3S/c1-4-11(5-2)16-13(17)9(3)20-12-8-10(14(18)19)6-7-15-12/h6-9,11H,4-5H2,1-3H3,(H,16,17)(H,18,19). The number of nitrogens with one attached hydrogen (secondary N) is 1. The molecular formula is C14H20N2O3S. The van der Waals surface area contributed by atoms with Crippen molar-refractivity contribution in [3.63, 3.8) is 0 Å². The van der Waals surface area contributed by atoms with Crippen LogP contribution in [-0.4, -0.2) is 33.3 Å². The minimum absolute atomic E-state index is 0.0498. The predicted molar refractivity (Wildman–Crippen MR) is 79.0 cm³/mol. The van der Waals surface area contributed by atoms with Gasteiger partial charge in [-0.3, -0.25) is 4.79 Å². The molecule has 0 bridgehead atoms. The van der Waals surface area contributed by atoms with Gasteiger partial charge in [-0.05, 0) is 31.9 Å². The number of carbonyl (C=O) groups is 2. The molecule has 0 aromatic carbocycles. The van der Waals surface area contributed by atoms with E-state index in [4.69, 9.17) is 5.11 Å². The normalized spacial score (nSPS) is 12.2. The molecule has 0 saturated carbocycles. The lowest BCUT2D eigenvalue weighted by Gasteiger charge is -2.18. The zero-order chi connectivity index (χ0) is 15.1. The molecule has 0 fully saturated rings. The summed E-state index contributed by atoms with van der Waals surface area (Å²) in [5.74, 6) is -1.05. The number of hydrogen-bond acceptors (Lipinski definition) is 4. The van der Waals surface area contributed by atoms with Gasteiger partial charge >= 0.3 is 5.97 Å². The Morgan fingerprint density at radius 1 is 1.40 bits per heavy atom. The number of nitrogens with zero attached hydrogens (tertiary/aromatic N) is 1. The van der Waals surface area contributed by atoms with E-state index in [2.05, 4.69) is 10.3 Å². The molecule has 1 aromatic heterocycles. The lowest BCUT2D eigenvalue weighted by atomic mass is 10.2. The van der Waals surface area contributed by atoms with Gasteiger partial charge in [0.2, 0.25) is 5.91 Å². The lowest BCUT2D eigenvalue weighted by molar-refractivity contribution is -0.121. The first-order valence-electron chi connectivity index (χ1n) is 6.64. The van der Waals surface area contributed by atoms with Gasteiger partial charge in [-0.1, -0.05) is 25.6 Å². The molecule has 6 heteroatoms. The van der Waals surface area contributed by atoms with Gasteiger partial charge in [0.05, 0.1) is 15.8 Å². The van der Waals surface area contributed by atoms with Crippen molar-refractivity contribution in [3.05, 3.63) is 23.9 Å². The van der Waals surface area contributed by atoms with Gasteiger partial charge < -0.3 is 10.4 Å². The van der Waals surface area contributed by atoms with E-state index >= 15 is 0 Å². The molecule has 1 unspecified atom stereocenters. The van der Waals surface area contributed by atoms with Crippen LogP contribution >= 0.6 is 11.8 Å². The second-order valence-corrected chi connectivity index (χ2v) is 5.83. The summed E-state index contributed by atoms with van der Waals surface area (Å²) in [5.41, 5.74) is 0.176. The SMILES string of the molecule is CCC(CC)NC(=O)C(C)Sc1cc(C(=O)O)ccn1. The van der Waals surface area contributed by atoms with Gasteiger partial charge in [0.15, 0.2) is 0 Å². The van der Waals surface area contributed by atoms with Crippen LogP contribution in [-0.2, 0) is 4.79 Å². The summed E-state index contributed by atoms with van der Waals surface area (Å²) in [6, 6.07) is 3.10. The second kappa shape index (κ2) is 7.89. The predicted octanol–water partition coefficient (Wildman–Crippen LogP) is 2.57. The average molecular weight is 296 g/mol. The number of aromatic carboxylic acids is 1. The topological polar surface area (TPSA) is 79.3 Å². The first-order valence-corrected chi connectivity index (χ1v) is 7.52. The highest BCUT2D eigenvalue weighted by Crippen LogP contribution is 2.22. The maximum absolute atomic E-state index is 12.0. The number of pyridine rings is 1. The number of hydrogen-bond donors (Lipinski definition) is 2. The first kappa shape index (κ1) is 16.5. The lowest BCUT2D eigenvalue weighted by Crippen LogP contribution is -2.38. The molecule has 0 aliphatic rings. The van der Waals surface area contributed by atoms with Crippen molar-refractivity contribution in [3.8, 4) is 0 Å². The first-order chi connectivity index (χ1) is 9.47. The van der Waals surface area contributed by atoms with Gasteiger partial charge in [-0.2, -0.15) is 0 Å². The maximum Gasteiger partial charge on any atom is 0.335 e. The number of amides is 1. The molecular weight excluding hydrogens is 276 g/mol. The smallest absolute Gasteiger partial charge is 0.335 e. The van der Waals surface area contributed by atoms with Crippen LogP contribution in [0.1, 0.15) is 44.0 Å². The monoisotopic (exact) mass is 296 g/mol. The Morgan fingerprint density at radius 2 is 2.05 bits per heavy atom. The molecule has 0 saturated heterocycles. The molecule has 0 spiro atoms. The van der Waals surface area contributed by atoms with Crippen LogP contribution in [0.15, 0.2) is 23.4 Å². The van der Waals surface area contributed by atoms with E-state index in [0.717, 1.165) is 12.8 Å². The van der Waals surface area contributed by atoms with E-state index in [1.807, 2.05) is 13.8 Å². The summed E-state index contributed by atoms with van der Waals surface area (Å²) in [4.78, 5) is 27.0. The highest BCUT2D eigenvalue weighted by atomic mass is 32.2. The molecule has 1 aromatic rings. The highest BCUT2D eigenvalue weighted by Gasteiger charge is 2.18. The molecule has 110 valence electrons. The van der Waals surface area contributed by atoms with Crippen molar-refractivity contribution in [1.29, 1.82) is 0 Å². The summed E-state index contributed by atoms with van der Waals surface area (Å²) in [7, 11) is 0. The molecule has 1 heterocycles. The van der Waals surface area contributed by atoms with Crippen molar-refractivity contribution in [1.82, 2.24) is 10.3 Å². The van der Waals surface area contributed by atoms with Crippen LogP contribution < -0.4 is 5.32 Å². The summed E-state index contributed by atoms with van der Waals surface area (Å²) in [5, 5.41) is 12.1.